The Morgan fingerprint density at radius 2 is 1.79 bits per heavy atom. The molecule has 0 aromatic heterocycles. The van der Waals surface area contributed by atoms with Gasteiger partial charge in [0, 0.05) is 0 Å². The number of benzene rings is 2. The van der Waals surface area contributed by atoms with Crippen LogP contribution in [0.5, 0.6) is 0 Å². The van der Waals surface area contributed by atoms with Crippen LogP contribution in [0, 0.1) is 0 Å². The highest BCUT2D eigenvalue weighted by molar-refractivity contribution is 7.60. The van der Waals surface area contributed by atoms with Crippen LogP contribution in [0.3, 0.4) is 0 Å². The van der Waals surface area contributed by atoms with E-state index in [-0.39, 0.29) is 11.9 Å². The van der Waals surface area contributed by atoms with Crippen LogP contribution in [0.2, 0.25) is 0 Å². The van der Waals surface area contributed by atoms with E-state index >= 15 is 0 Å². The molecular weight excluding hydrogens is 267 g/mol. The SMILES string of the molecule is CCOC(=O)c1ccc(P(=O)(O)O)c2ccccc12. The molecule has 2 N–H and O–H groups in total. The Morgan fingerprint density at radius 3 is 2.37 bits per heavy atom. The zero-order chi connectivity index (χ0) is 14.0. The van der Waals surface area contributed by atoms with Crippen LogP contribution in [-0.2, 0) is 9.30 Å². The lowest BCUT2D eigenvalue weighted by atomic mass is 10.0. The zero-order valence-corrected chi connectivity index (χ0v) is 11.1. The molecule has 0 fully saturated rings. The van der Waals surface area contributed by atoms with E-state index in [0.717, 1.165) is 0 Å². The summed E-state index contributed by atoms with van der Waals surface area (Å²) in [6.45, 7) is 1.94. The van der Waals surface area contributed by atoms with Crippen molar-refractivity contribution in [2.24, 2.45) is 0 Å². The second-order valence-electron chi connectivity index (χ2n) is 3.94. The highest BCUT2D eigenvalue weighted by Gasteiger charge is 2.22. The Labute approximate surface area is 110 Å². The molecule has 0 radical (unpaired) electrons. The number of hydrogen-bond acceptors (Lipinski definition) is 3. The van der Waals surface area contributed by atoms with Gasteiger partial charge in [-0.15, -0.1) is 0 Å². The first-order chi connectivity index (χ1) is 8.95. The van der Waals surface area contributed by atoms with Crippen molar-refractivity contribution < 1.29 is 23.9 Å². The Kier molecular flexibility index (Phi) is 3.71. The number of esters is 1. The third kappa shape index (κ3) is 2.68. The van der Waals surface area contributed by atoms with Crippen LogP contribution in [0.4, 0.5) is 0 Å². The molecule has 19 heavy (non-hydrogen) atoms. The quantitative estimate of drug-likeness (QED) is 0.661. The van der Waals surface area contributed by atoms with Gasteiger partial charge in [0.15, 0.2) is 0 Å². The van der Waals surface area contributed by atoms with Crippen molar-refractivity contribution in [1.82, 2.24) is 0 Å². The van der Waals surface area contributed by atoms with E-state index in [1.165, 1.54) is 12.1 Å². The summed E-state index contributed by atoms with van der Waals surface area (Å²) in [5.41, 5.74) is 0.301. The van der Waals surface area contributed by atoms with Gasteiger partial charge in [-0.3, -0.25) is 4.57 Å². The first-order valence-electron chi connectivity index (χ1n) is 5.70. The largest absolute Gasteiger partial charge is 0.462 e. The minimum atomic E-state index is -4.38. The third-order valence-electron chi connectivity index (χ3n) is 2.71. The van der Waals surface area contributed by atoms with E-state index < -0.39 is 13.6 Å². The number of hydrogen-bond donors (Lipinski definition) is 2. The van der Waals surface area contributed by atoms with Gasteiger partial charge in [-0.2, -0.15) is 0 Å². The molecule has 2 aromatic carbocycles. The molecule has 5 nitrogen and oxygen atoms in total. The van der Waals surface area contributed by atoms with Gasteiger partial charge in [0.2, 0.25) is 0 Å². The molecule has 6 heteroatoms. The molecule has 0 bridgehead atoms. The van der Waals surface area contributed by atoms with Gasteiger partial charge < -0.3 is 14.5 Å². The number of fused-ring (bicyclic) bond motifs is 1. The van der Waals surface area contributed by atoms with Gasteiger partial charge in [-0.25, -0.2) is 4.79 Å². The maximum Gasteiger partial charge on any atom is 0.356 e. The molecule has 0 aliphatic rings. The van der Waals surface area contributed by atoms with Crippen molar-refractivity contribution in [2.45, 2.75) is 6.92 Å². The standard InChI is InChI=1S/C13H13O5P/c1-2-18-13(14)11-7-8-12(19(15,16)17)10-6-4-3-5-9(10)11/h3-8H,2H2,1H3,(H2,15,16,17). The van der Waals surface area contributed by atoms with Crippen LogP contribution >= 0.6 is 7.60 Å². The van der Waals surface area contributed by atoms with Gasteiger partial charge in [0.05, 0.1) is 17.5 Å². The minimum Gasteiger partial charge on any atom is -0.462 e. The minimum absolute atomic E-state index is 0.0869. The Morgan fingerprint density at radius 1 is 1.16 bits per heavy atom. The fourth-order valence-electron chi connectivity index (χ4n) is 1.92. The number of ether oxygens (including phenoxy) is 1. The summed E-state index contributed by atoms with van der Waals surface area (Å²) in [5, 5.41) is 0.749. The number of carbonyl (C=O) groups excluding carboxylic acids is 1. The van der Waals surface area contributed by atoms with Gasteiger partial charge in [0.1, 0.15) is 0 Å². The smallest absolute Gasteiger partial charge is 0.356 e. The summed E-state index contributed by atoms with van der Waals surface area (Å²) in [6, 6.07) is 9.24. The highest BCUT2D eigenvalue weighted by Crippen LogP contribution is 2.37. The topological polar surface area (TPSA) is 83.8 Å². The van der Waals surface area contributed by atoms with Gasteiger partial charge >= 0.3 is 13.6 Å². The van der Waals surface area contributed by atoms with Gasteiger partial charge in [-0.05, 0) is 29.8 Å². The van der Waals surface area contributed by atoms with Crippen LogP contribution in [0.25, 0.3) is 10.8 Å². The van der Waals surface area contributed by atoms with Crippen molar-refractivity contribution in [3.05, 3.63) is 42.0 Å². The van der Waals surface area contributed by atoms with E-state index in [1.807, 2.05) is 0 Å². The Balaban J connectivity index is 2.72. The molecule has 0 unspecified atom stereocenters. The second-order valence-corrected chi connectivity index (χ2v) is 5.51. The lowest BCUT2D eigenvalue weighted by Gasteiger charge is -2.11. The van der Waals surface area contributed by atoms with Crippen LogP contribution < -0.4 is 5.30 Å². The maximum absolute atomic E-state index is 11.8. The highest BCUT2D eigenvalue weighted by atomic mass is 31.2. The predicted octanol–water partition coefficient (Wildman–Crippen LogP) is 1.82. The first kappa shape index (κ1) is 13.7. The average Bonchev–Trinajstić information content (AvgIpc) is 2.36. The molecule has 0 saturated carbocycles. The molecular formula is C13H13O5P. The third-order valence-corrected chi connectivity index (χ3v) is 3.73. The van der Waals surface area contributed by atoms with Crippen LogP contribution in [0.15, 0.2) is 36.4 Å². The fraction of sp³-hybridized carbons (Fsp3) is 0.154. The van der Waals surface area contributed by atoms with Gasteiger partial charge in [0.25, 0.3) is 0 Å². The summed E-state index contributed by atoms with van der Waals surface area (Å²) in [4.78, 5) is 30.4. The number of carbonyl (C=O) groups is 1. The first-order valence-corrected chi connectivity index (χ1v) is 7.31. The maximum atomic E-state index is 11.8. The Bertz CT molecular complexity index is 674. The summed E-state index contributed by atoms with van der Waals surface area (Å²) in [6.07, 6.45) is 0. The molecule has 0 saturated heterocycles. The summed E-state index contributed by atoms with van der Waals surface area (Å²) < 4.78 is 16.4. The molecule has 2 rings (SSSR count). The molecule has 0 heterocycles. The lowest BCUT2D eigenvalue weighted by molar-refractivity contribution is 0.0528. The normalized spacial score (nSPS) is 11.5. The fourth-order valence-corrected chi connectivity index (χ4v) is 2.70. The lowest BCUT2D eigenvalue weighted by Crippen LogP contribution is -2.11. The second kappa shape index (κ2) is 5.13. The monoisotopic (exact) mass is 280 g/mol. The molecule has 0 aliphatic carbocycles. The van der Waals surface area contributed by atoms with E-state index in [1.54, 1.807) is 31.2 Å². The molecule has 0 amide bonds. The zero-order valence-electron chi connectivity index (χ0n) is 10.2. The van der Waals surface area contributed by atoms with Crippen molar-refractivity contribution in [2.75, 3.05) is 6.61 Å². The summed E-state index contributed by atoms with van der Waals surface area (Å²) in [7, 11) is -4.38. The summed E-state index contributed by atoms with van der Waals surface area (Å²) in [5.74, 6) is -0.504. The van der Waals surface area contributed by atoms with Crippen molar-refractivity contribution in [3.63, 3.8) is 0 Å². The molecule has 2 aromatic rings. The Hall–Kier alpha value is -1.68. The summed E-state index contributed by atoms with van der Waals surface area (Å²) >= 11 is 0. The van der Waals surface area contributed by atoms with Crippen molar-refractivity contribution >= 4 is 29.6 Å². The molecule has 100 valence electrons. The number of rotatable bonds is 3. The van der Waals surface area contributed by atoms with Crippen molar-refractivity contribution in [3.8, 4) is 0 Å². The van der Waals surface area contributed by atoms with Crippen molar-refractivity contribution in [1.29, 1.82) is 0 Å². The predicted molar refractivity (Wildman–Crippen MR) is 71.6 cm³/mol. The van der Waals surface area contributed by atoms with E-state index in [9.17, 15) is 19.1 Å². The molecule has 0 aliphatic heterocycles. The molecule has 0 spiro atoms. The average molecular weight is 280 g/mol. The van der Waals surface area contributed by atoms with Gasteiger partial charge in [-0.1, -0.05) is 24.3 Å². The van der Waals surface area contributed by atoms with E-state index in [4.69, 9.17) is 4.74 Å². The van der Waals surface area contributed by atoms with Crippen LogP contribution in [0.1, 0.15) is 17.3 Å². The van der Waals surface area contributed by atoms with E-state index in [2.05, 4.69) is 0 Å². The van der Waals surface area contributed by atoms with Crippen LogP contribution in [-0.4, -0.2) is 22.4 Å². The molecule has 0 atom stereocenters. The van der Waals surface area contributed by atoms with E-state index in [0.29, 0.717) is 16.3 Å².